The van der Waals surface area contributed by atoms with Gasteiger partial charge in [-0.3, -0.25) is 0 Å². The van der Waals surface area contributed by atoms with E-state index in [1.807, 2.05) is 12.1 Å². The molecule has 0 radical (unpaired) electrons. The van der Waals surface area contributed by atoms with Gasteiger partial charge in [-0.1, -0.05) is 6.07 Å². The fourth-order valence-corrected chi connectivity index (χ4v) is 2.19. The summed E-state index contributed by atoms with van der Waals surface area (Å²) >= 11 is 0. The summed E-state index contributed by atoms with van der Waals surface area (Å²) in [5, 5.41) is 8.70. The van der Waals surface area contributed by atoms with Crippen LogP contribution in [0.4, 0.5) is 0 Å². The van der Waals surface area contributed by atoms with Gasteiger partial charge in [-0.05, 0) is 42.0 Å². The zero-order valence-corrected chi connectivity index (χ0v) is 8.34. The largest absolute Gasteiger partial charge is 0.496 e. The number of hydrogen-bond acceptors (Lipinski definition) is 3. The molecular formula is C11H15NO2. The Morgan fingerprint density at radius 1 is 1.36 bits per heavy atom. The molecule has 14 heavy (non-hydrogen) atoms. The Morgan fingerprint density at radius 2 is 2.14 bits per heavy atom. The summed E-state index contributed by atoms with van der Waals surface area (Å²) < 4.78 is 5.31. The predicted molar refractivity (Wildman–Crippen MR) is 53.6 cm³/mol. The Hall–Kier alpha value is -1.06. The second kappa shape index (κ2) is 3.98. The topological polar surface area (TPSA) is 41.5 Å². The minimum Gasteiger partial charge on any atom is -0.496 e. The molecule has 0 bridgehead atoms. The van der Waals surface area contributed by atoms with Gasteiger partial charge in [0.15, 0.2) is 0 Å². The van der Waals surface area contributed by atoms with E-state index >= 15 is 0 Å². The molecule has 0 fully saturated rings. The Kier molecular flexibility index (Phi) is 2.70. The van der Waals surface area contributed by atoms with Crippen molar-refractivity contribution in [2.45, 2.75) is 25.8 Å². The highest BCUT2D eigenvalue weighted by molar-refractivity contribution is 5.47. The van der Waals surface area contributed by atoms with Crippen molar-refractivity contribution in [3.63, 3.8) is 0 Å². The molecule has 0 heterocycles. The zero-order chi connectivity index (χ0) is 9.97. The average Bonchev–Trinajstić information content (AvgIpc) is 2.67. The maximum Gasteiger partial charge on any atom is 0.122 e. The van der Waals surface area contributed by atoms with Crippen LogP contribution in [-0.2, 0) is 19.4 Å². The Morgan fingerprint density at radius 3 is 2.86 bits per heavy atom. The minimum absolute atomic E-state index is 0.520. The van der Waals surface area contributed by atoms with E-state index in [9.17, 15) is 0 Å². The summed E-state index contributed by atoms with van der Waals surface area (Å²) in [4.78, 5) is 0. The first kappa shape index (κ1) is 9.49. The van der Waals surface area contributed by atoms with Crippen LogP contribution in [-0.4, -0.2) is 12.3 Å². The SMILES string of the molecule is COc1ccc(CNO)c2c1CCC2. The number of benzene rings is 1. The van der Waals surface area contributed by atoms with Crippen LogP contribution in [0.15, 0.2) is 12.1 Å². The molecule has 1 aromatic carbocycles. The molecule has 76 valence electrons. The van der Waals surface area contributed by atoms with Gasteiger partial charge in [0, 0.05) is 6.54 Å². The number of hydroxylamine groups is 1. The fraction of sp³-hybridized carbons (Fsp3) is 0.455. The third-order valence-electron chi connectivity index (χ3n) is 2.83. The van der Waals surface area contributed by atoms with E-state index in [0.717, 1.165) is 18.6 Å². The smallest absolute Gasteiger partial charge is 0.122 e. The zero-order valence-electron chi connectivity index (χ0n) is 8.34. The number of methoxy groups -OCH3 is 1. The number of nitrogens with one attached hydrogen (secondary N) is 1. The molecule has 1 aromatic rings. The summed E-state index contributed by atoms with van der Waals surface area (Å²) in [6.07, 6.45) is 3.38. The minimum atomic E-state index is 0.520. The summed E-state index contributed by atoms with van der Waals surface area (Å²) in [5.41, 5.74) is 6.06. The number of fused-ring (bicyclic) bond motifs is 1. The van der Waals surface area contributed by atoms with Crippen LogP contribution >= 0.6 is 0 Å². The van der Waals surface area contributed by atoms with Gasteiger partial charge in [-0.2, -0.15) is 0 Å². The van der Waals surface area contributed by atoms with E-state index in [0.29, 0.717) is 6.54 Å². The standard InChI is InChI=1S/C11H15NO2/c1-14-11-6-5-8(7-12-13)9-3-2-4-10(9)11/h5-6,12-13H,2-4,7H2,1H3. The molecule has 1 aliphatic carbocycles. The van der Waals surface area contributed by atoms with Crippen molar-refractivity contribution < 1.29 is 9.94 Å². The molecule has 0 aromatic heterocycles. The number of rotatable bonds is 3. The van der Waals surface area contributed by atoms with Crippen LogP contribution in [0.1, 0.15) is 23.1 Å². The van der Waals surface area contributed by atoms with Crippen molar-refractivity contribution in [1.82, 2.24) is 5.48 Å². The van der Waals surface area contributed by atoms with Crippen LogP contribution in [0.3, 0.4) is 0 Å². The van der Waals surface area contributed by atoms with Crippen LogP contribution in [0.2, 0.25) is 0 Å². The second-order valence-electron chi connectivity index (χ2n) is 3.57. The first-order chi connectivity index (χ1) is 6.86. The molecular weight excluding hydrogens is 178 g/mol. The molecule has 0 atom stereocenters. The molecule has 1 aliphatic rings. The van der Waals surface area contributed by atoms with Gasteiger partial charge >= 0.3 is 0 Å². The average molecular weight is 193 g/mol. The van der Waals surface area contributed by atoms with E-state index in [1.54, 1.807) is 7.11 Å². The van der Waals surface area contributed by atoms with Gasteiger partial charge in [0.2, 0.25) is 0 Å². The Labute approximate surface area is 83.7 Å². The van der Waals surface area contributed by atoms with E-state index in [-0.39, 0.29) is 0 Å². The van der Waals surface area contributed by atoms with Crippen molar-refractivity contribution in [2.24, 2.45) is 0 Å². The lowest BCUT2D eigenvalue weighted by atomic mass is 10.0. The molecule has 0 saturated heterocycles. The first-order valence-corrected chi connectivity index (χ1v) is 4.91. The van der Waals surface area contributed by atoms with Crippen LogP contribution in [0.25, 0.3) is 0 Å². The first-order valence-electron chi connectivity index (χ1n) is 4.91. The lowest BCUT2D eigenvalue weighted by molar-refractivity contribution is 0.161. The normalized spacial score (nSPS) is 14.1. The highest BCUT2D eigenvalue weighted by Gasteiger charge is 2.18. The van der Waals surface area contributed by atoms with Gasteiger partial charge in [-0.15, -0.1) is 0 Å². The summed E-state index contributed by atoms with van der Waals surface area (Å²) in [7, 11) is 1.71. The van der Waals surface area contributed by atoms with Crippen molar-refractivity contribution in [3.05, 3.63) is 28.8 Å². The monoisotopic (exact) mass is 193 g/mol. The van der Waals surface area contributed by atoms with Crippen molar-refractivity contribution in [2.75, 3.05) is 7.11 Å². The molecule has 2 N–H and O–H groups in total. The van der Waals surface area contributed by atoms with Crippen LogP contribution in [0, 0.1) is 0 Å². The second-order valence-corrected chi connectivity index (χ2v) is 3.57. The predicted octanol–water partition coefficient (Wildman–Crippen LogP) is 1.66. The van der Waals surface area contributed by atoms with Crippen molar-refractivity contribution in [1.29, 1.82) is 0 Å². The van der Waals surface area contributed by atoms with Gasteiger partial charge in [0.1, 0.15) is 5.75 Å². The van der Waals surface area contributed by atoms with Crippen LogP contribution in [0.5, 0.6) is 5.75 Å². The maximum atomic E-state index is 8.70. The molecule has 0 amide bonds. The van der Waals surface area contributed by atoms with E-state index in [4.69, 9.17) is 9.94 Å². The van der Waals surface area contributed by atoms with E-state index < -0.39 is 0 Å². The van der Waals surface area contributed by atoms with Crippen molar-refractivity contribution >= 4 is 0 Å². The third kappa shape index (κ3) is 1.49. The Balaban J connectivity index is 2.42. The van der Waals surface area contributed by atoms with Gasteiger partial charge in [-0.25, -0.2) is 5.48 Å². The molecule has 3 heteroatoms. The highest BCUT2D eigenvalue weighted by Crippen LogP contribution is 2.32. The van der Waals surface area contributed by atoms with Gasteiger partial charge in [0.25, 0.3) is 0 Å². The quantitative estimate of drug-likeness (QED) is 0.717. The van der Waals surface area contributed by atoms with E-state index in [1.165, 1.54) is 23.1 Å². The van der Waals surface area contributed by atoms with Gasteiger partial charge in [0.05, 0.1) is 7.11 Å². The molecule has 0 spiro atoms. The lowest BCUT2D eigenvalue weighted by Gasteiger charge is -2.11. The van der Waals surface area contributed by atoms with Crippen LogP contribution < -0.4 is 10.2 Å². The molecule has 2 rings (SSSR count). The third-order valence-corrected chi connectivity index (χ3v) is 2.83. The molecule has 0 saturated carbocycles. The van der Waals surface area contributed by atoms with Gasteiger partial charge < -0.3 is 9.94 Å². The molecule has 0 aliphatic heterocycles. The fourth-order valence-electron chi connectivity index (χ4n) is 2.19. The highest BCUT2D eigenvalue weighted by atomic mass is 16.5. The summed E-state index contributed by atoms with van der Waals surface area (Å²) in [6, 6.07) is 4.00. The lowest BCUT2D eigenvalue weighted by Crippen LogP contribution is -2.08. The Bertz CT molecular complexity index is 336. The number of ether oxygens (including phenoxy) is 1. The number of hydrogen-bond donors (Lipinski definition) is 2. The molecule has 0 unspecified atom stereocenters. The van der Waals surface area contributed by atoms with Crippen molar-refractivity contribution in [3.8, 4) is 5.75 Å². The van der Waals surface area contributed by atoms with E-state index in [2.05, 4.69) is 5.48 Å². The summed E-state index contributed by atoms with van der Waals surface area (Å²) in [5.74, 6) is 0.985. The molecule has 3 nitrogen and oxygen atoms in total. The summed E-state index contributed by atoms with van der Waals surface area (Å²) in [6.45, 7) is 0.520. The maximum absolute atomic E-state index is 8.70.